The van der Waals surface area contributed by atoms with Crippen LogP contribution < -0.4 is 11.5 Å². The van der Waals surface area contributed by atoms with Gasteiger partial charge in [0.15, 0.2) is 0 Å². The van der Waals surface area contributed by atoms with E-state index in [0.29, 0.717) is 11.8 Å². The number of rotatable bonds is 4. The van der Waals surface area contributed by atoms with E-state index in [-0.39, 0.29) is 0 Å². The van der Waals surface area contributed by atoms with Crippen LogP contribution >= 0.6 is 23.2 Å². The topological polar surface area (TPSA) is 61.3 Å². The van der Waals surface area contributed by atoms with Gasteiger partial charge in [-0.05, 0) is 72.9 Å². The first-order valence-electron chi connectivity index (χ1n) is 8.63. The molecule has 4 N–H and O–H groups in total. The molecule has 0 aromatic heterocycles. The quantitative estimate of drug-likeness (QED) is 0.755. The minimum absolute atomic E-state index is 0.415. The summed E-state index contributed by atoms with van der Waals surface area (Å²) in [5, 5.41) is 1.50. The van der Waals surface area contributed by atoms with Gasteiger partial charge >= 0.3 is 0 Å². The van der Waals surface area contributed by atoms with Crippen LogP contribution in [0.1, 0.15) is 48.6 Å². The summed E-state index contributed by atoms with van der Waals surface area (Å²) in [4.78, 5) is 0. The SMILES string of the molecule is NC1(OC2(N)CC(c3ccc(Cl)cc3)C2)CC(c2ccc(Cl)cc2)C1. The Labute approximate surface area is 158 Å². The van der Waals surface area contributed by atoms with Crippen molar-refractivity contribution >= 4 is 23.2 Å². The molecular weight excluding hydrogens is 355 g/mol. The van der Waals surface area contributed by atoms with Crippen molar-refractivity contribution < 1.29 is 4.74 Å². The molecule has 0 heterocycles. The van der Waals surface area contributed by atoms with E-state index in [9.17, 15) is 0 Å². The smallest absolute Gasteiger partial charge is 0.120 e. The highest BCUT2D eigenvalue weighted by molar-refractivity contribution is 6.30. The molecule has 2 saturated carbocycles. The summed E-state index contributed by atoms with van der Waals surface area (Å²) in [5.74, 6) is 0.830. The molecule has 3 nitrogen and oxygen atoms in total. The maximum absolute atomic E-state index is 6.41. The summed E-state index contributed by atoms with van der Waals surface area (Å²) in [6.45, 7) is 0. The number of hydrogen-bond acceptors (Lipinski definition) is 3. The third-order valence-corrected chi connectivity index (χ3v) is 5.96. The molecule has 2 aliphatic rings. The molecule has 0 spiro atoms. The van der Waals surface area contributed by atoms with Gasteiger partial charge in [0.25, 0.3) is 0 Å². The van der Waals surface area contributed by atoms with Crippen LogP contribution in [0.5, 0.6) is 0 Å². The van der Waals surface area contributed by atoms with Gasteiger partial charge in [-0.2, -0.15) is 0 Å². The molecule has 25 heavy (non-hydrogen) atoms. The van der Waals surface area contributed by atoms with Gasteiger partial charge in [-0.25, -0.2) is 0 Å². The Bertz CT molecular complexity index is 683. The molecule has 132 valence electrons. The summed E-state index contributed by atoms with van der Waals surface area (Å²) >= 11 is 11.9. The predicted molar refractivity (Wildman–Crippen MR) is 102 cm³/mol. The molecule has 2 aliphatic carbocycles. The number of benzene rings is 2. The molecule has 0 atom stereocenters. The Morgan fingerprint density at radius 3 is 1.32 bits per heavy atom. The molecule has 0 radical (unpaired) electrons. The molecule has 0 amide bonds. The molecule has 0 aliphatic heterocycles. The lowest BCUT2D eigenvalue weighted by Gasteiger charge is -2.54. The third-order valence-electron chi connectivity index (χ3n) is 5.46. The number of nitrogens with two attached hydrogens (primary N) is 2. The monoisotopic (exact) mass is 376 g/mol. The van der Waals surface area contributed by atoms with E-state index in [1.807, 2.05) is 24.3 Å². The Morgan fingerprint density at radius 1 is 0.680 bits per heavy atom. The maximum Gasteiger partial charge on any atom is 0.120 e. The van der Waals surface area contributed by atoms with Crippen LogP contribution in [0, 0.1) is 0 Å². The van der Waals surface area contributed by atoms with Crippen molar-refractivity contribution in [2.75, 3.05) is 0 Å². The van der Waals surface area contributed by atoms with Crippen molar-refractivity contribution in [1.82, 2.24) is 0 Å². The highest BCUT2D eigenvalue weighted by Gasteiger charge is 2.52. The number of ether oxygens (including phenoxy) is 1. The number of hydrogen-bond donors (Lipinski definition) is 2. The average molecular weight is 377 g/mol. The Kier molecular flexibility index (Phi) is 4.33. The summed E-state index contributed by atoms with van der Waals surface area (Å²) < 4.78 is 6.15. The van der Waals surface area contributed by atoms with Crippen molar-refractivity contribution in [2.24, 2.45) is 11.5 Å². The van der Waals surface area contributed by atoms with Crippen molar-refractivity contribution in [1.29, 1.82) is 0 Å². The van der Waals surface area contributed by atoms with Crippen LogP contribution in [-0.2, 0) is 4.74 Å². The van der Waals surface area contributed by atoms with Gasteiger partial charge in [0.2, 0.25) is 0 Å². The third kappa shape index (κ3) is 3.57. The van der Waals surface area contributed by atoms with Gasteiger partial charge in [0, 0.05) is 10.0 Å². The van der Waals surface area contributed by atoms with Crippen LogP contribution in [0.25, 0.3) is 0 Å². The minimum atomic E-state index is -0.621. The van der Waals surface area contributed by atoms with E-state index >= 15 is 0 Å². The fraction of sp³-hybridized carbons (Fsp3) is 0.400. The molecule has 0 bridgehead atoms. The largest absolute Gasteiger partial charge is 0.340 e. The molecule has 0 unspecified atom stereocenters. The normalized spacial score (nSPS) is 34.2. The van der Waals surface area contributed by atoms with E-state index < -0.39 is 11.4 Å². The van der Waals surface area contributed by atoms with E-state index in [0.717, 1.165) is 35.7 Å². The van der Waals surface area contributed by atoms with Gasteiger partial charge in [-0.15, -0.1) is 0 Å². The van der Waals surface area contributed by atoms with Gasteiger partial charge < -0.3 is 16.2 Å². The molecular formula is C20H22Cl2N2O. The van der Waals surface area contributed by atoms with Gasteiger partial charge in [-0.1, -0.05) is 47.5 Å². The molecule has 0 saturated heterocycles. The van der Waals surface area contributed by atoms with Crippen molar-refractivity contribution in [3.05, 3.63) is 69.7 Å². The second kappa shape index (κ2) is 6.26. The Hall–Kier alpha value is -1.10. The van der Waals surface area contributed by atoms with E-state index in [1.54, 1.807) is 0 Å². The molecule has 2 aromatic carbocycles. The summed E-state index contributed by atoms with van der Waals surface area (Å²) in [6.07, 6.45) is 3.16. The first-order chi connectivity index (χ1) is 11.8. The summed E-state index contributed by atoms with van der Waals surface area (Å²) in [6, 6.07) is 15.9. The molecule has 2 fully saturated rings. The van der Waals surface area contributed by atoms with E-state index in [2.05, 4.69) is 24.3 Å². The second-order valence-electron chi connectivity index (χ2n) is 7.55. The average Bonchev–Trinajstić information content (AvgIpc) is 2.52. The van der Waals surface area contributed by atoms with Crippen molar-refractivity contribution in [3.63, 3.8) is 0 Å². The molecule has 2 aromatic rings. The summed E-state index contributed by atoms with van der Waals surface area (Å²) in [5.41, 5.74) is 14.1. The lowest BCUT2D eigenvalue weighted by atomic mass is 9.70. The lowest BCUT2D eigenvalue weighted by Crippen LogP contribution is -2.64. The first-order valence-corrected chi connectivity index (χ1v) is 9.39. The van der Waals surface area contributed by atoms with Gasteiger partial charge in [-0.3, -0.25) is 0 Å². The maximum atomic E-state index is 6.41. The lowest BCUT2D eigenvalue weighted by molar-refractivity contribution is -0.226. The van der Waals surface area contributed by atoms with Crippen molar-refractivity contribution in [2.45, 2.75) is 49.0 Å². The highest BCUT2D eigenvalue weighted by atomic mass is 35.5. The highest BCUT2D eigenvalue weighted by Crippen LogP contribution is 2.51. The van der Waals surface area contributed by atoms with E-state index in [1.165, 1.54) is 11.1 Å². The van der Waals surface area contributed by atoms with Crippen LogP contribution in [0.3, 0.4) is 0 Å². The van der Waals surface area contributed by atoms with Gasteiger partial charge in [0.1, 0.15) is 11.4 Å². The second-order valence-corrected chi connectivity index (χ2v) is 8.42. The fourth-order valence-electron chi connectivity index (χ4n) is 4.06. The fourth-order valence-corrected chi connectivity index (χ4v) is 4.31. The first kappa shape index (κ1) is 17.3. The molecule has 4 rings (SSSR count). The van der Waals surface area contributed by atoms with Crippen molar-refractivity contribution in [3.8, 4) is 0 Å². The van der Waals surface area contributed by atoms with Gasteiger partial charge in [0.05, 0.1) is 0 Å². The zero-order valence-electron chi connectivity index (χ0n) is 13.9. The number of halogens is 2. The van der Waals surface area contributed by atoms with Crippen LogP contribution in [0.2, 0.25) is 10.0 Å². The zero-order chi connectivity index (χ0) is 17.7. The van der Waals surface area contributed by atoms with Crippen LogP contribution in [0.4, 0.5) is 0 Å². The Balaban J connectivity index is 1.32. The standard InChI is InChI=1S/C20H22Cl2N2O/c21-17-5-1-13(2-6-17)15-9-19(23,10-15)25-20(24)11-16(12-20)14-3-7-18(22)8-4-14/h1-8,15-16H,9-12,23-24H2. The van der Waals surface area contributed by atoms with Crippen LogP contribution in [-0.4, -0.2) is 11.4 Å². The van der Waals surface area contributed by atoms with Crippen LogP contribution in [0.15, 0.2) is 48.5 Å². The minimum Gasteiger partial charge on any atom is -0.340 e. The zero-order valence-corrected chi connectivity index (χ0v) is 15.4. The predicted octanol–water partition coefficient (Wildman–Crippen LogP) is 4.78. The molecule has 5 heteroatoms. The summed E-state index contributed by atoms with van der Waals surface area (Å²) in [7, 11) is 0. The Morgan fingerprint density at radius 2 is 1.00 bits per heavy atom. The van der Waals surface area contributed by atoms with E-state index in [4.69, 9.17) is 39.4 Å².